The molecule has 2 saturated heterocycles. The molecule has 12 heteroatoms. The number of aliphatic hydroxyl groups excluding tert-OH is 6. The molecule has 0 spiro atoms. The Labute approximate surface area is 331 Å². The van der Waals surface area contributed by atoms with Crippen molar-refractivity contribution in [1.29, 1.82) is 0 Å². The van der Waals surface area contributed by atoms with Gasteiger partial charge in [-0.05, 0) is 18.8 Å². The van der Waals surface area contributed by atoms with Crippen LogP contribution < -0.4 is 0 Å². The molecule has 0 saturated carbocycles. The number of unbranched alkanes of at least 4 members (excludes halogenated alkanes) is 18. The molecule has 54 heavy (non-hydrogen) atoms. The smallest absolute Gasteiger partial charge is 0.186 e. The van der Waals surface area contributed by atoms with Gasteiger partial charge < -0.3 is 40.1 Å². The van der Waals surface area contributed by atoms with E-state index in [4.69, 9.17) is 9.47 Å². The van der Waals surface area contributed by atoms with Crippen molar-refractivity contribution in [1.82, 2.24) is 0 Å². The Morgan fingerprint density at radius 1 is 0.741 bits per heavy atom. The summed E-state index contributed by atoms with van der Waals surface area (Å²) < 4.78 is 29.4. The van der Waals surface area contributed by atoms with Crippen molar-refractivity contribution in [3.05, 3.63) is 0 Å². The molecule has 0 aromatic heterocycles. The average Bonchev–Trinajstić information content (AvgIpc) is 3.14. The van der Waals surface area contributed by atoms with Gasteiger partial charge in [-0.2, -0.15) is 0 Å². The third-order valence-corrected chi connectivity index (χ3v) is 17.2. The Morgan fingerprint density at radius 2 is 1.24 bits per heavy atom. The van der Waals surface area contributed by atoms with Crippen LogP contribution in [0.2, 0.25) is 25.2 Å². The number of hydrogen-bond donors (Lipinski definition) is 6. The molecular formula is C42H85NO9SSi. The summed E-state index contributed by atoms with van der Waals surface area (Å²) in [4.78, 5) is 0. The van der Waals surface area contributed by atoms with Crippen molar-refractivity contribution in [2.24, 2.45) is 10.3 Å². The summed E-state index contributed by atoms with van der Waals surface area (Å²) in [5, 5.41) is 62.6. The second-order valence-electron chi connectivity index (χ2n) is 17.8. The van der Waals surface area contributed by atoms with Crippen LogP contribution in [0, 0.1) is 5.92 Å². The summed E-state index contributed by atoms with van der Waals surface area (Å²) >= 11 is 0. The molecule has 0 amide bonds. The van der Waals surface area contributed by atoms with E-state index in [2.05, 4.69) is 24.4 Å². The minimum absolute atomic E-state index is 0.329. The van der Waals surface area contributed by atoms with Gasteiger partial charge in [0.25, 0.3) is 0 Å². The van der Waals surface area contributed by atoms with Gasteiger partial charge in [-0.3, -0.25) is 4.21 Å². The molecule has 0 radical (unpaired) electrons. The Hall–Kier alpha value is -0.153. The van der Waals surface area contributed by atoms with E-state index in [1.165, 1.54) is 115 Å². The summed E-state index contributed by atoms with van der Waals surface area (Å²) in [5.74, 6) is 1.33. The van der Waals surface area contributed by atoms with Crippen LogP contribution in [-0.4, -0.2) is 117 Å². The molecule has 7 unspecified atom stereocenters. The highest BCUT2D eigenvalue weighted by molar-refractivity contribution is 7.92. The van der Waals surface area contributed by atoms with Crippen LogP contribution in [0.4, 0.5) is 0 Å². The van der Waals surface area contributed by atoms with E-state index in [-0.39, 0.29) is 6.61 Å². The quantitative estimate of drug-likeness (QED) is 0.0304. The van der Waals surface area contributed by atoms with E-state index < -0.39 is 73.4 Å². The van der Waals surface area contributed by atoms with Crippen molar-refractivity contribution < 1.29 is 44.3 Å². The second kappa shape index (κ2) is 28.3. The van der Waals surface area contributed by atoms with Crippen molar-refractivity contribution >= 4 is 17.8 Å². The van der Waals surface area contributed by atoms with Crippen LogP contribution in [0.3, 0.4) is 0 Å². The first kappa shape index (κ1) is 50.0. The zero-order valence-electron chi connectivity index (χ0n) is 35.0. The lowest BCUT2D eigenvalue weighted by Crippen LogP contribution is -2.59. The highest BCUT2D eigenvalue weighted by atomic mass is 32.2. The van der Waals surface area contributed by atoms with Gasteiger partial charge in [0.15, 0.2) is 6.29 Å². The summed E-state index contributed by atoms with van der Waals surface area (Å²) in [7, 11) is -3.60. The maximum atomic E-state index is 13.7. The maximum Gasteiger partial charge on any atom is 0.186 e. The van der Waals surface area contributed by atoms with Gasteiger partial charge >= 0.3 is 0 Å². The van der Waals surface area contributed by atoms with Gasteiger partial charge in [0.05, 0.1) is 19.3 Å². The first-order valence-corrected chi connectivity index (χ1v) is 27.8. The van der Waals surface area contributed by atoms with Gasteiger partial charge in [-0.25, -0.2) is 4.36 Å². The van der Waals surface area contributed by atoms with Crippen LogP contribution >= 0.6 is 0 Å². The molecule has 0 aromatic rings. The fourth-order valence-corrected chi connectivity index (χ4v) is 12.4. The lowest BCUT2D eigenvalue weighted by molar-refractivity contribution is -0.302. The molecule has 2 heterocycles. The Bertz CT molecular complexity index is 1050. The molecule has 2 aliphatic heterocycles. The molecule has 6 N–H and O–H groups in total. The SMILES string of the molecule is CCCCCCCCCCCCCC[C@@H](O)C(O)[C@H](COC1OC(CO)C(O)C(O)C1O)N=S(C)(=O)CCCCCCCCCCC1CC[Si](C)(C)CC1. The maximum absolute atomic E-state index is 13.7. The number of hydrogen-bond acceptors (Lipinski definition) is 10. The molecule has 10 nitrogen and oxygen atoms in total. The molecule has 0 aliphatic carbocycles. The van der Waals surface area contributed by atoms with Gasteiger partial charge in [0.2, 0.25) is 0 Å². The van der Waals surface area contributed by atoms with E-state index in [0.29, 0.717) is 12.2 Å². The number of ether oxygens (including phenoxy) is 2. The topological polar surface area (TPSA) is 169 Å². The van der Waals surface area contributed by atoms with Crippen LogP contribution in [0.25, 0.3) is 0 Å². The predicted octanol–water partition coefficient (Wildman–Crippen LogP) is 7.71. The average molecular weight is 808 g/mol. The highest BCUT2D eigenvalue weighted by Gasteiger charge is 2.44. The second-order valence-corrected chi connectivity index (χ2v) is 25.7. The largest absolute Gasteiger partial charge is 0.394 e. The number of nitrogens with zero attached hydrogens (tertiary/aromatic N) is 1. The fourth-order valence-electron chi connectivity index (χ4n) is 8.16. The van der Waals surface area contributed by atoms with Crippen LogP contribution in [0.1, 0.15) is 161 Å². The molecule has 2 aliphatic rings. The molecule has 0 aromatic carbocycles. The molecule has 0 bridgehead atoms. The zero-order chi connectivity index (χ0) is 39.8. The van der Waals surface area contributed by atoms with E-state index in [9.17, 15) is 34.8 Å². The van der Waals surface area contributed by atoms with Crippen molar-refractivity contribution in [2.45, 2.75) is 235 Å². The monoisotopic (exact) mass is 808 g/mol. The standard InChI is InChI=1S/C42H85NO9SSi/c1-5-6-7-8-9-10-11-12-13-17-20-23-26-36(45)38(46)35(33-51-42-41(49)40(48)39(47)37(32-44)52-42)43-53(2,50)29-24-21-18-15-14-16-19-22-25-34-27-30-54(3,4)31-28-34/h34-42,44-49H,5-33H2,1-4H3/t35-,36+,37?,38?,39?,40?,41?,42?,53?/m0/s1. The lowest BCUT2D eigenvalue weighted by Gasteiger charge is -2.40. The van der Waals surface area contributed by atoms with Crippen molar-refractivity contribution in [2.75, 3.05) is 25.2 Å². The molecule has 2 rings (SSSR count). The Morgan fingerprint density at radius 3 is 1.78 bits per heavy atom. The number of aliphatic hydroxyl groups is 6. The summed E-state index contributed by atoms with van der Waals surface area (Å²) in [6.07, 6.45) is 20.0. The van der Waals surface area contributed by atoms with E-state index >= 15 is 0 Å². The normalized spacial score (nSPS) is 26.3. The fraction of sp³-hybridized carbons (Fsp3) is 1.00. The first-order valence-electron chi connectivity index (χ1n) is 22.3. The summed E-state index contributed by atoms with van der Waals surface area (Å²) in [6.45, 7) is 6.39. The highest BCUT2D eigenvalue weighted by Crippen LogP contribution is 2.35. The van der Waals surface area contributed by atoms with Crippen LogP contribution in [0.15, 0.2) is 4.36 Å². The van der Waals surface area contributed by atoms with Gasteiger partial charge in [-0.1, -0.05) is 173 Å². The van der Waals surface area contributed by atoms with Crippen molar-refractivity contribution in [3.8, 4) is 0 Å². The van der Waals surface area contributed by atoms with Gasteiger partial charge in [0, 0.05) is 29.8 Å². The minimum atomic E-state index is -2.74. The zero-order valence-corrected chi connectivity index (χ0v) is 36.8. The van der Waals surface area contributed by atoms with E-state index in [1.807, 2.05) is 0 Å². The lowest BCUT2D eigenvalue weighted by atomic mass is 9.95. The summed E-state index contributed by atoms with van der Waals surface area (Å²) in [6, 6.07) is 1.95. The van der Waals surface area contributed by atoms with E-state index in [0.717, 1.165) is 50.9 Å². The third-order valence-electron chi connectivity index (χ3n) is 12.1. The van der Waals surface area contributed by atoms with Gasteiger partial charge in [0.1, 0.15) is 36.6 Å². The third kappa shape index (κ3) is 21.0. The predicted molar refractivity (Wildman–Crippen MR) is 224 cm³/mol. The first-order chi connectivity index (χ1) is 25.8. The summed E-state index contributed by atoms with van der Waals surface area (Å²) in [5.41, 5.74) is 0. The molecule has 2 fully saturated rings. The molecular weight excluding hydrogens is 723 g/mol. The number of rotatable bonds is 31. The Kier molecular flexibility index (Phi) is 26.2. The van der Waals surface area contributed by atoms with Crippen molar-refractivity contribution in [3.63, 3.8) is 0 Å². The van der Waals surface area contributed by atoms with E-state index in [1.54, 1.807) is 6.26 Å². The Balaban J connectivity index is 1.79. The molecule has 322 valence electrons. The van der Waals surface area contributed by atoms with Crippen LogP contribution in [0.5, 0.6) is 0 Å². The van der Waals surface area contributed by atoms with Gasteiger partial charge in [-0.15, -0.1) is 0 Å². The van der Waals surface area contributed by atoms with Crippen LogP contribution in [-0.2, 0) is 19.2 Å². The minimum Gasteiger partial charge on any atom is -0.394 e. The molecule has 9 atom stereocenters.